The fraction of sp³-hybridized carbons (Fsp3) is 0.308. The number of hydrogen-bond acceptors (Lipinski definition) is 3. The summed E-state index contributed by atoms with van der Waals surface area (Å²) in [6.45, 7) is -0.0564. The summed E-state index contributed by atoms with van der Waals surface area (Å²) in [5, 5.41) is 11.3. The third kappa shape index (κ3) is 5.55. The van der Waals surface area contributed by atoms with Gasteiger partial charge in [0.25, 0.3) is 0 Å². The Balaban J connectivity index is 2.40. The number of aliphatic carboxylic acids is 1. The number of carboxylic acid groups (broad SMARTS) is 1. The van der Waals surface area contributed by atoms with Crippen LogP contribution in [-0.4, -0.2) is 46.6 Å². The van der Waals surface area contributed by atoms with E-state index in [1.165, 1.54) is 0 Å². The Kier molecular flexibility index (Phi) is 5.89. The largest absolute Gasteiger partial charge is 0.480 e. The highest BCUT2D eigenvalue weighted by Crippen LogP contribution is 1.96. The van der Waals surface area contributed by atoms with Gasteiger partial charge in [0.1, 0.15) is 6.54 Å². The number of aromatic nitrogens is 1. The van der Waals surface area contributed by atoms with Crippen LogP contribution in [0.25, 0.3) is 0 Å². The Morgan fingerprint density at radius 3 is 2.89 bits per heavy atom. The zero-order valence-electron chi connectivity index (χ0n) is 10.4. The number of carboxylic acids is 1. The highest BCUT2D eigenvalue weighted by atomic mass is 16.4. The molecular formula is C13H15N3O3. The zero-order chi connectivity index (χ0) is 14.1. The molecular weight excluding hydrogens is 246 g/mol. The molecule has 1 aromatic rings. The van der Waals surface area contributed by atoms with Crippen LogP contribution in [-0.2, 0) is 11.2 Å². The van der Waals surface area contributed by atoms with Gasteiger partial charge >= 0.3 is 12.0 Å². The number of pyridine rings is 1. The van der Waals surface area contributed by atoms with Crippen LogP contribution < -0.4 is 5.32 Å². The molecule has 0 fully saturated rings. The summed E-state index contributed by atoms with van der Waals surface area (Å²) in [4.78, 5) is 27.3. The molecule has 0 saturated carbocycles. The van der Waals surface area contributed by atoms with Gasteiger partial charge in [-0.3, -0.25) is 9.78 Å². The van der Waals surface area contributed by atoms with E-state index in [1.807, 2.05) is 12.1 Å². The van der Waals surface area contributed by atoms with E-state index in [0.717, 1.165) is 10.5 Å². The molecule has 1 rings (SSSR count). The summed E-state index contributed by atoms with van der Waals surface area (Å²) in [6.07, 6.45) is 9.09. The van der Waals surface area contributed by atoms with Gasteiger partial charge in [-0.25, -0.2) is 4.79 Å². The Labute approximate surface area is 111 Å². The minimum atomic E-state index is -1.10. The van der Waals surface area contributed by atoms with Gasteiger partial charge in [-0.2, -0.15) is 0 Å². The van der Waals surface area contributed by atoms with Crippen molar-refractivity contribution < 1.29 is 14.7 Å². The minimum Gasteiger partial charge on any atom is -0.480 e. The quantitative estimate of drug-likeness (QED) is 0.724. The lowest BCUT2D eigenvalue weighted by Gasteiger charge is -2.18. The molecule has 100 valence electrons. The second-order valence-electron chi connectivity index (χ2n) is 3.80. The Morgan fingerprint density at radius 2 is 2.32 bits per heavy atom. The second-order valence-corrected chi connectivity index (χ2v) is 3.80. The van der Waals surface area contributed by atoms with Gasteiger partial charge in [-0.1, -0.05) is 12.0 Å². The topological polar surface area (TPSA) is 82.5 Å². The van der Waals surface area contributed by atoms with Crippen LogP contribution in [0.2, 0.25) is 0 Å². The number of rotatable bonds is 6. The van der Waals surface area contributed by atoms with Crippen molar-refractivity contribution in [2.24, 2.45) is 0 Å². The molecule has 0 aliphatic heterocycles. The molecule has 0 aliphatic rings. The lowest BCUT2D eigenvalue weighted by Crippen LogP contribution is -2.43. The number of amides is 2. The first-order valence-corrected chi connectivity index (χ1v) is 5.70. The smallest absolute Gasteiger partial charge is 0.323 e. The summed E-state index contributed by atoms with van der Waals surface area (Å²) in [6, 6.07) is 3.23. The molecule has 0 unspecified atom stereocenters. The molecule has 0 atom stereocenters. The van der Waals surface area contributed by atoms with Crippen LogP contribution in [0.15, 0.2) is 24.5 Å². The van der Waals surface area contributed by atoms with E-state index in [1.54, 1.807) is 12.4 Å². The zero-order valence-corrected chi connectivity index (χ0v) is 10.4. The van der Waals surface area contributed by atoms with Crippen molar-refractivity contribution in [3.63, 3.8) is 0 Å². The van der Waals surface area contributed by atoms with Gasteiger partial charge in [0.2, 0.25) is 0 Å². The molecule has 0 saturated heterocycles. The van der Waals surface area contributed by atoms with Crippen molar-refractivity contribution in [2.75, 3.05) is 19.6 Å². The molecule has 0 aromatic carbocycles. The van der Waals surface area contributed by atoms with Crippen LogP contribution in [0, 0.1) is 12.3 Å². The molecule has 1 heterocycles. The standard InChI is InChI=1S/C13H15N3O3/c1-2-8-16(10-12(17)18)13(19)15-7-5-11-4-3-6-14-9-11/h1,3-4,6,9H,5,7-8,10H2,(H,15,19)(H,17,18). The number of carbonyl (C=O) groups is 2. The average Bonchev–Trinajstić information content (AvgIpc) is 2.39. The first kappa shape index (κ1) is 14.5. The number of urea groups is 1. The molecule has 6 heteroatoms. The van der Waals surface area contributed by atoms with Crippen molar-refractivity contribution in [2.45, 2.75) is 6.42 Å². The third-order valence-electron chi connectivity index (χ3n) is 2.31. The highest BCUT2D eigenvalue weighted by Gasteiger charge is 2.14. The number of hydrogen-bond donors (Lipinski definition) is 2. The lowest BCUT2D eigenvalue weighted by atomic mass is 10.2. The predicted octanol–water partition coefficient (Wildman–Crippen LogP) is 0.353. The molecule has 0 spiro atoms. The van der Waals surface area contributed by atoms with E-state index in [4.69, 9.17) is 11.5 Å². The van der Waals surface area contributed by atoms with Gasteiger partial charge in [-0.05, 0) is 18.1 Å². The van der Waals surface area contributed by atoms with E-state index in [0.29, 0.717) is 13.0 Å². The maximum atomic E-state index is 11.7. The third-order valence-corrected chi connectivity index (χ3v) is 2.31. The molecule has 19 heavy (non-hydrogen) atoms. The fourth-order valence-electron chi connectivity index (χ4n) is 1.44. The monoisotopic (exact) mass is 261 g/mol. The van der Waals surface area contributed by atoms with Gasteiger partial charge in [0.05, 0.1) is 6.54 Å². The van der Waals surface area contributed by atoms with Crippen LogP contribution in [0.4, 0.5) is 4.79 Å². The molecule has 6 nitrogen and oxygen atoms in total. The van der Waals surface area contributed by atoms with Crippen molar-refractivity contribution in [3.05, 3.63) is 30.1 Å². The van der Waals surface area contributed by atoms with E-state index < -0.39 is 18.5 Å². The number of nitrogens with one attached hydrogen (secondary N) is 1. The van der Waals surface area contributed by atoms with Gasteiger partial charge < -0.3 is 15.3 Å². The summed E-state index contributed by atoms with van der Waals surface area (Å²) in [7, 11) is 0. The van der Waals surface area contributed by atoms with E-state index in [-0.39, 0.29) is 6.54 Å². The summed E-state index contributed by atoms with van der Waals surface area (Å²) >= 11 is 0. The first-order valence-electron chi connectivity index (χ1n) is 5.70. The van der Waals surface area contributed by atoms with E-state index in [2.05, 4.69) is 16.2 Å². The summed E-state index contributed by atoms with van der Waals surface area (Å²) in [5.74, 6) is 1.15. The minimum absolute atomic E-state index is 0.0367. The first-order chi connectivity index (χ1) is 9.13. The van der Waals surface area contributed by atoms with E-state index >= 15 is 0 Å². The second kappa shape index (κ2) is 7.71. The van der Waals surface area contributed by atoms with Crippen molar-refractivity contribution in [1.82, 2.24) is 15.2 Å². The number of carbonyl (C=O) groups excluding carboxylic acids is 1. The molecule has 2 N–H and O–H groups in total. The van der Waals surface area contributed by atoms with Crippen molar-refractivity contribution in [1.29, 1.82) is 0 Å². The molecule has 0 radical (unpaired) electrons. The normalized spacial score (nSPS) is 9.42. The number of terminal acetylenes is 1. The average molecular weight is 261 g/mol. The highest BCUT2D eigenvalue weighted by molar-refractivity contribution is 5.80. The van der Waals surface area contributed by atoms with Gasteiger partial charge in [-0.15, -0.1) is 6.42 Å². The summed E-state index contributed by atoms with van der Waals surface area (Å²) in [5.41, 5.74) is 0.990. The van der Waals surface area contributed by atoms with Crippen LogP contribution in [0.1, 0.15) is 5.56 Å². The Morgan fingerprint density at radius 1 is 1.53 bits per heavy atom. The fourth-order valence-corrected chi connectivity index (χ4v) is 1.44. The summed E-state index contributed by atoms with van der Waals surface area (Å²) < 4.78 is 0. The Hall–Kier alpha value is -2.55. The van der Waals surface area contributed by atoms with Crippen LogP contribution in [0.3, 0.4) is 0 Å². The maximum Gasteiger partial charge on any atom is 0.323 e. The van der Waals surface area contributed by atoms with Crippen LogP contribution >= 0.6 is 0 Å². The number of nitrogens with zero attached hydrogens (tertiary/aromatic N) is 2. The van der Waals surface area contributed by atoms with Gasteiger partial charge in [0.15, 0.2) is 0 Å². The molecule has 0 aliphatic carbocycles. The van der Waals surface area contributed by atoms with Crippen molar-refractivity contribution in [3.8, 4) is 12.3 Å². The molecule has 0 bridgehead atoms. The lowest BCUT2D eigenvalue weighted by molar-refractivity contribution is -0.137. The van der Waals surface area contributed by atoms with E-state index in [9.17, 15) is 9.59 Å². The van der Waals surface area contributed by atoms with Gasteiger partial charge in [0, 0.05) is 18.9 Å². The van der Waals surface area contributed by atoms with Crippen molar-refractivity contribution >= 4 is 12.0 Å². The molecule has 2 amide bonds. The Bertz CT molecular complexity index is 468. The molecule has 1 aromatic heterocycles. The predicted molar refractivity (Wildman–Crippen MR) is 69.4 cm³/mol. The SMILES string of the molecule is C#CCN(CC(=O)O)C(=O)NCCc1cccnc1. The van der Waals surface area contributed by atoms with Crippen LogP contribution in [0.5, 0.6) is 0 Å². The maximum absolute atomic E-state index is 11.7.